The summed E-state index contributed by atoms with van der Waals surface area (Å²) in [7, 11) is 0. The number of hydrogen-bond acceptors (Lipinski definition) is 6. The molecule has 1 aliphatic rings. The average molecular weight is 421 g/mol. The third-order valence-electron chi connectivity index (χ3n) is 4.83. The van der Waals surface area contributed by atoms with Gasteiger partial charge in [-0.05, 0) is 49.7 Å². The van der Waals surface area contributed by atoms with Gasteiger partial charge in [0.2, 0.25) is 17.6 Å². The first-order chi connectivity index (χ1) is 14.9. The Morgan fingerprint density at radius 2 is 1.94 bits per heavy atom. The third-order valence-corrected chi connectivity index (χ3v) is 4.83. The van der Waals surface area contributed by atoms with Gasteiger partial charge in [-0.25, -0.2) is 9.40 Å². The van der Waals surface area contributed by atoms with E-state index >= 15 is 0 Å². The summed E-state index contributed by atoms with van der Waals surface area (Å²) in [6, 6.07) is 11.4. The number of aromatic nitrogens is 2. The van der Waals surface area contributed by atoms with Gasteiger partial charge >= 0.3 is 0 Å². The number of aryl methyl sites for hydroxylation is 2. The minimum Gasteiger partial charge on any atom is -0.332 e. The highest BCUT2D eigenvalue weighted by Gasteiger charge is 2.26. The molecule has 2 aromatic carbocycles. The van der Waals surface area contributed by atoms with E-state index in [1.807, 2.05) is 32.0 Å². The summed E-state index contributed by atoms with van der Waals surface area (Å²) >= 11 is 0. The second kappa shape index (κ2) is 8.47. The summed E-state index contributed by atoms with van der Waals surface area (Å²) in [5, 5.41) is 12.1. The molecule has 9 heteroatoms. The Labute approximate surface area is 177 Å². The maximum atomic E-state index is 13.1. The maximum absolute atomic E-state index is 13.1. The molecule has 2 heterocycles. The van der Waals surface area contributed by atoms with Crippen LogP contribution in [0.2, 0.25) is 0 Å². The van der Waals surface area contributed by atoms with Crippen LogP contribution < -0.4 is 5.32 Å². The maximum Gasteiger partial charge on any atom is 0.274 e. The number of hydrazone groups is 1. The Kier molecular flexibility index (Phi) is 5.57. The quantitative estimate of drug-likeness (QED) is 0.680. The van der Waals surface area contributed by atoms with Crippen LogP contribution in [0.5, 0.6) is 0 Å². The van der Waals surface area contributed by atoms with Crippen LogP contribution in [-0.4, -0.2) is 39.2 Å². The van der Waals surface area contributed by atoms with Gasteiger partial charge in [-0.3, -0.25) is 9.59 Å². The van der Waals surface area contributed by atoms with Crippen molar-refractivity contribution in [2.75, 3.05) is 11.9 Å². The second-order valence-electron chi connectivity index (χ2n) is 7.29. The predicted octanol–water partition coefficient (Wildman–Crippen LogP) is 3.46. The number of amides is 2. The molecule has 1 N–H and O–H groups in total. The lowest BCUT2D eigenvalue weighted by Crippen LogP contribution is -2.38. The summed E-state index contributed by atoms with van der Waals surface area (Å²) in [5.41, 5.74) is 3.72. The molecule has 31 heavy (non-hydrogen) atoms. The molecule has 0 aliphatic carbocycles. The van der Waals surface area contributed by atoms with Crippen LogP contribution in [0.15, 0.2) is 52.1 Å². The molecule has 0 atom stereocenters. The molecule has 2 amide bonds. The molecular formula is C22H20FN5O3. The van der Waals surface area contributed by atoms with Gasteiger partial charge in [0.15, 0.2) is 0 Å². The number of nitrogens with one attached hydrogen (secondary N) is 1. The Hall–Kier alpha value is -3.88. The molecule has 0 saturated carbocycles. The van der Waals surface area contributed by atoms with Crippen LogP contribution in [0.3, 0.4) is 0 Å². The standard InChI is InChI=1S/C22H20FN5O3/c1-13-3-8-17(14(2)11-13)24-19(29)12-28-20(30)10-9-18(26-28)22-25-21(27-31-22)15-4-6-16(23)7-5-15/h3-8,11H,9-10,12H2,1-2H3,(H,24,29). The molecule has 158 valence electrons. The van der Waals surface area contributed by atoms with E-state index < -0.39 is 0 Å². The van der Waals surface area contributed by atoms with Gasteiger partial charge in [-0.15, -0.1) is 0 Å². The summed E-state index contributed by atoms with van der Waals surface area (Å²) in [6.07, 6.45) is 0.489. The van der Waals surface area contributed by atoms with Crippen molar-refractivity contribution in [3.8, 4) is 11.4 Å². The number of anilines is 1. The number of halogens is 1. The van der Waals surface area contributed by atoms with Crippen LogP contribution in [0.4, 0.5) is 10.1 Å². The third kappa shape index (κ3) is 4.66. The number of nitrogens with zero attached hydrogens (tertiary/aromatic N) is 4. The Morgan fingerprint density at radius 1 is 1.16 bits per heavy atom. The molecule has 1 aliphatic heterocycles. The van der Waals surface area contributed by atoms with E-state index in [4.69, 9.17) is 4.52 Å². The first kappa shape index (κ1) is 20.4. The van der Waals surface area contributed by atoms with Crippen LogP contribution in [0, 0.1) is 19.7 Å². The number of rotatable bonds is 5. The van der Waals surface area contributed by atoms with Gasteiger partial charge in [0.05, 0.1) is 0 Å². The van der Waals surface area contributed by atoms with Crippen LogP contribution in [0.25, 0.3) is 11.4 Å². The van der Waals surface area contributed by atoms with Crippen molar-refractivity contribution < 1.29 is 18.5 Å². The van der Waals surface area contributed by atoms with Crippen molar-refractivity contribution in [3.05, 3.63) is 65.3 Å². The summed E-state index contributed by atoms with van der Waals surface area (Å²) in [5.74, 6) is -0.543. The SMILES string of the molecule is Cc1ccc(NC(=O)CN2N=C(c3nc(-c4ccc(F)cc4)no3)CCC2=O)c(C)c1. The second-order valence-corrected chi connectivity index (χ2v) is 7.29. The van der Waals surface area contributed by atoms with E-state index in [1.54, 1.807) is 12.1 Å². The summed E-state index contributed by atoms with van der Waals surface area (Å²) < 4.78 is 18.4. The largest absolute Gasteiger partial charge is 0.332 e. The van der Waals surface area contributed by atoms with Gasteiger partial charge < -0.3 is 9.84 Å². The number of carbonyl (C=O) groups excluding carboxylic acids is 2. The predicted molar refractivity (Wildman–Crippen MR) is 112 cm³/mol. The summed E-state index contributed by atoms with van der Waals surface area (Å²) in [4.78, 5) is 29.0. The molecule has 0 saturated heterocycles. The Bertz CT molecular complexity index is 1170. The highest BCUT2D eigenvalue weighted by Crippen LogP contribution is 2.20. The first-order valence-electron chi connectivity index (χ1n) is 9.74. The molecule has 0 radical (unpaired) electrons. The normalized spacial score (nSPS) is 13.8. The zero-order chi connectivity index (χ0) is 22.0. The number of benzene rings is 2. The molecule has 4 rings (SSSR count). The Balaban J connectivity index is 1.48. The smallest absolute Gasteiger partial charge is 0.274 e. The van der Waals surface area contributed by atoms with E-state index in [2.05, 4.69) is 20.6 Å². The van der Waals surface area contributed by atoms with Crippen molar-refractivity contribution in [1.29, 1.82) is 0 Å². The Morgan fingerprint density at radius 3 is 2.68 bits per heavy atom. The van der Waals surface area contributed by atoms with Crippen molar-refractivity contribution in [1.82, 2.24) is 15.1 Å². The lowest BCUT2D eigenvalue weighted by molar-refractivity contribution is -0.135. The topological polar surface area (TPSA) is 101 Å². The van der Waals surface area contributed by atoms with Crippen LogP contribution in [0.1, 0.15) is 29.9 Å². The molecule has 0 bridgehead atoms. The van der Waals surface area contributed by atoms with Crippen molar-refractivity contribution in [3.63, 3.8) is 0 Å². The zero-order valence-electron chi connectivity index (χ0n) is 17.1. The van der Waals surface area contributed by atoms with E-state index in [0.717, 1.165) is 16.1 Å². The van der Waals surface area contributed by atoms with Crippen molar-refractivity contribution >= 4 is 23.2 Å². The van der Waals surface area contributed by atoms with E-state index in [0.29, 0.717) is 23.4 Å². The molecule has 1 aromatic heterocycles. The highest BCUT2D eigenvalue weighted by atomic mass is 19.1. The molecule has 0 fully saturated rings. The van der Waals surface area contributed by atoms with Crippen molar-refractivity contribution in [2.24, 2.45) is 5.10 Å². The van der Waals surface area contributed by atoms with Crippen LogP contribution in [-0.2, 0) is 9.59 Å². The minimum absolute atomic E-state index is 0.159. The molecule has 8 nitrogen and oxygen atoms in total. The molecule has 0 spiro atoms. The monoisotopic (exact) mass is 421 g/mol. The van der Waals surface area contributed by atoms with Gasteiger partial charge in [0, 0.05) is 24.1 Å². The van der Waals surface area contributed by atoms with Crippen molar-refractivity contribution in [2.45, 2.75) is 26.7 Å². The lowest BCUT2D eigenvalue weighted by Gasteiger charge is -2.22. The van der Waals surface area contributed by atoms with E-state index in [1.165, 1.54) is 12.1 Å². The fourth-order valence-corrected chi connectivity index (χ4v) is 3.22. The number of hydrogen-bond donors (Lipinski definition) is 1. The highest BCUT2D eigenvalue weighted by molar-refractivity contribution is 6.02. The fourth-order valence-electron chi connectivity index (χ4n) is 3.22. The molecule has 3 aromatic rings. The van der Waals surface area contributed by atoms with Gasteiger partial charge in [-0.2, -0.15) is 10.1 Å². The fraction of sp³-hybridized carbons (Fsp3) is 0.227. The number of carbonyl (C=O) groups is 2. The first-order valence-corrected chi connectivity index (χ1v) is 9.74. The van der Waals surface area contributed by atoms with Gasteiger partial charge in [-0.1, -0.05) is 22.9 Å². The van der Waals surface area contributed by atoms with Gasteiger partial charge in [0.1, 0.15) is 18.1 Å². The summed E-state index contributed by atoms with van der Waals surface area (Å²) in [6.45, 7) is 3.65. The van der Waals surface area contributed by atoms with Gasteiger partial charge in [0.25, 0.3) is 5.89 Å². The zero-order valence-corrected chi connectivity index (χ0v) is 17.1. The van der Waals surface area contributed by atoms with E-state index in [-0.39, 0.29) is 42.3 Å². The molecule has 0 unspecified atom stereocenters. The van der Waals surface area contributed by atoms with Crippen LogP contribution >= 0.6 is 0 Å². The average Bonchev–Trinajstić information content (AvgIpc) is 3.22. The molecular weight excluding hydrogens is 401 g/mol. The minimum atomic E-state index is -0.364. The van der Waals surface area contributed by atoms with E-state index in [9.17, 15) is 14.0 Å². The lowest BCUT2D eigenvalue weighted by atomic mass is 10.1.